The molecule has 0 spiro atoms. The summed E-state index contributed by atoms with van der Waals surface area (Å²) in [7, 11) is 1.53. The first-order valence-electron chi connectivity index (χ1n) is 10.2. The largest absolute Gasteiger partial charge is 0.497 e. The molecule has 31 heavy (non-hydrogen) atoms. The molecular formula is C24H26O7. The molecule has 0 atom stereocenters. The Morgan fingerprint density at radius 3 is 2.58 bits per heavy atom. The Kier molecular flexibility index (Phi) is 7.54. The molecule has 0 saturated carbocycles. The Morgan fingerprint density at radius 2 is 1.84 bits per heavy atom. The molecular weight excluding hydrogens is 400 g/mol. The summed E-state index contributed by atoms with van der Waals surface area (Å²) in [6.45, 7) is 4.89. The molecule has 0 amide bonds. The number of methoxy groups -OCH3 is 1. The molecule has 0 aliphatic carbocycles. The van der Waals surface area contributed by atoms with Gasteiger partial charge < -0.3 is 23.4 Å². The van der Waals surface area contributed by atoms with Gasteiger partial charge in [0.05, 0.1) is 25.9 Å². The van der Waals surface area contributed by atoms with Crippen LogP contribution < -0.4 is 19.8 Å². The fourth-order valence-electron chi connectivity index (χ4n) is 3.03. The van der Waals surface area contributed by atoms with Gasteiger partial charge in [-0.3, -0.25) is 0 Å². The van der Waals surface area contributed by atoms with Crippen LogP contribution >= 0.6 is 0 Å². The van der Waals surface area contributed by atoms with E-state index in [4.69, 9.17) is 23.4 Å². The van der Waals surface area contributed by atoms with Crippen molar-refractivity contribution in [3.63, 3.8) is 0 Å². The molecule has 0 saturated heterocycles. The molecule has 1 heterocycles. The fraction of sp³-hybridized carbons (Fsp3) is 0.333. The maximum atomic E-state index is 12.6. The Hall–Kier alpha value is -3.48. The Morgan fingerprint density at radius 1 is 1.00 bits per heavy atom. The van der Waals surface area contributed by atoms with Crippen LogP contribution in [-0.4, -0.2) is 26.3 Å². The minimum absolute atomic E-state index is 0.0774. The van der Waals surface area contributed by atoms with Crippen LogP contribution in [0.2, 0.25) is 0 Å². The highest BCUT2D eigenvalue weighted by atomic mass is 16.5. The van der Waals surface area contributed by atoms with Crippen molar-refractivity contribution in [2.45, 2.75) is 33.3 Å². The summed E-state index contributed by atoms with van der Waals surface area (Å²) in [4.78, 5) is 24.5. The minimum atomic E-state index is -0.532. The highest BCUT2D eigenvalue weighted by Crippen LogP contribution is 2.29. The predicted molar refractivity (Wildman–Crippen MR) is 116 cm³/mol. The van der Waals surface area contributed by atoms with E-state index < -0.39 is 11.6 Å². The lowest BCUT2D eigenvalue weighted by molar-refractivity contribution is 0.0473. The van der Waals surface area contributed by atoms with Crippen LogP contribution in [0.25, 0.3) is 11.0 Å². The number of benzene rings is 2. The molecule has 0 aliphatic rings. The molecule has 7 heteroatoms. The van der Waals surface area contributed by atoms with Gasteiger partial charge in [-0.05, 0) is 43.7 Å². The molecule has 2 aromatic carbocycles. The number of esters is 1. The zero-order chi connectivity index (χ0) is 22.2. The summed E-state index contributed by atoms with van der Waals surface area (Å²) in [5, 5.41) is 0.669. The Bertz CT molecular complexity index is 1100. The van der Waals surface area contributed by atoms with Crippen molar-refractivity contribution >= 4 is 16.9 Å². The Labute approximate surface area is 180 Å². The number of rotatable bonds is 10. The van der Waals surface area contributed by atoms with Crippen LogP contribution in [0.15, 0.2) is 51.7 Å². The van der Waals surface area contributed by atoms with Gasteiger partial charge in [-0.25, -0.2) is 9.59 Å². The SMILES string of the molecule is CCCCOc1ccc(C(=O)OCc2cc(=O)oc3cc(OC)ccc23)cc1OCC. The summed E-state index contributed by atoms with van der Waals surface area (Å²) < 4.78 is 27.2. The van der Waals surface area contributed by atoms with Crippen LogP contribution in [0.3, 0.4) is 0 Å². The molecule has 0 fully saturated rings. The number of hydrogen-bond acceptors (Lipinski definition) is 7. The molecule has 0 radical (unpaired) electrons. The Balaban J connectivity index is 1.77. The van der Waals surface area contributed by atoms with Gasteiger partial charge in [0, 0.05) is 23.1 Å². The smallest absolute Gasteiger partial charge is 0.338 e. The van der Waals surface area contributed by atoms with E-state index in [2.05, 4.69) is 6.92 Å². The molecule has 3 rings (SSSR count). The van der Waals surface area contributed by atoms with E-state index >= 15 is 0 Å². The lowest BCUT2D eigenvalue weighted by atomic mass is 10.1. The van der Waals surface area contributed by atoms with Gasteiger partial charge >= 0.3 is 11.6 Å². The van der Waals surface area contributed by atoms with E-state index in [1.54, 1.807) is 36.4 Å². The number of carbonyl (C=O) groups excluding carboxylic acids is 1. The third-order valence-corrected chi connectivity index (χ3v) is 4.63. The second-order valence-corrected chi connectivity index (χ2v) is 6.83. The highest BCUT2D eigenvalue weighted by molar-refractivity contribution is 5.90. The van der Waals surface area contributed by atoms with Gasteiger partial charge in [-0.1, -0.05) is 13.3 Å². The summed E-state index contributed by atoms with van der Waals surface area (Å²) in [5.74, 6) is 1.11. The van der Waals surface area contributed by atoms with E-state index in [1.165, 1.54) is 13.2 Å². The first kappa shape index (κ1) is 22.2. The molecule has 3 aromatic rings. The molecule has 0 aliphatic heterocycles. The van der Waals surface area contributed by atoms with Crippen molar-refractivity contribution in [1.29, 1.82) is 0 Å². The van der Waals surface area contributed by atoms with Crippen LogP contribution in [0.5, 0.6) is 17.2 Å². The second-order valence-electron chi connectivity index (χ2n) is 6.83. The third kappa shape index (κ3) is 5.57. The normalized spacial score (nSPS) is 10.7. The van der Waals surface area contributed by atoms with Crippen LogP contribution in [0, 0.1) is 0 Å². The maximum absolute atomic E-state index is 12.6. The van der Waals surface area contributed by atoms with E-state index in [-0.39, 0.29) is 6.61 Å². The van der Waals surface area contributed by atoms with E-state index in [0.29, 0.717) is 52.6 Å². The number of unbranched alkanes of at least 4 members (excludes halogenated alkanes) is 1. The molecule has 164 valence electrons. The number of hydrogen-bond donors (Lipinski definition) is 0. The third-order valence-electron chi connectivity index (χ3n) is 4.63. The molecule has 1 aromatic heterocycles. The van der Waals surface area contributed by atoms with Crippen molar-refractivity contribution in [3.8, 4) is 17.2 Å². The standard InChI is InChI=1S/C24H26O7/c1-4-6-11-29-20-10-7-16(12-22(20)28-5-2)24(26)30-15-17-13-23(25)31-21-14-18(27-3)8-9-19(17)21/h7-10,12-14H,4-6,11,15H2,1-3H3. The predicted octanol–water partition coefficient (Wildman–Crippen LogP) is 4.74. The van der Waals surface area contributed by atoms with Crippen molar-refractivity contribution in [1.82, 2.24) is 0 Å². The summed E-state index contributed by atoms with van der Waals surface area (Å²) >= 11 is 0. The maximum Gasteiger partial charge on any atom is 0.338 e. The van der Waals surface area contributed by atoms with Crippen molar-refractivity contribution in [2.75, 3.05) is 20.3 Å². The summed E-state index contributed by atoms with van der Waals surface area (Å²) in [6, 6.07) is 11.4. The van der Waals surface area contributed by atoms with Crippen LogP contribution in [0.1, 0.15) is 42.6 Å². The molecule has 0 bridgehead atoms. The molecule has 0 N–H and O–H groups in total. The van der Waals surface area contributed by atoms with Crippen molar-refractivity contribution in [3.05, 3.63) is 64.0 Å². The number of fused-ring (bicyclic) bond motifs is 1. The van der Waals surface area contributed by atoms with Gasteiger partial charge in [0.1, 0.15) is 17.9 Å². The van der Waals surface area contributed by atoms with Gasteiger partial charge in [0.15, 0.2) is 11.5 Å². The first-order chi connectivity index (χ1) is 15.0. The second kappa shape index (κ2) is 10.5. The average molecular weight is 426 g/mol. The molecule has 0 unspecified atom stereocenters. The lowest BCUT2D eigenvalue weighted by Gasteiger charge is -2.13. The molecule has 7 nitrogen and oxygen atoms in total. The summed E-state index contributed by atoms with van der Waals surface area (Å²) in [6.07, 6.45) is 1.95. The van der Waals surface area contributed by atoms with Crippen LogP contribution in [-0.2, 0) is 11.3 Å². The highest BCUT2D eigenvalue weighted by Gasteiger charge is 2.15. The summed E-state index contributed by atoms with van der Waals surface area (Å²) in [5.41, 5.74) is 0.719. The van der Waals surface area contributed by atoms with E-state index in [1.807, 2.05) is 6.92 Å². The van der Waals surface area contributed by atoms with Gasteiger partial charge in [-0.2, -0.15) is 0 Å². The first-order valence-corrected chi connectivity index (χ1v) is 10.2. The van der Waals surface area contributed by atoms with Crippen molar-refractivity contribution < 1.29 is 28.2 Å². The van der Waals surface area contributed by atoms with Gasteiger partial charge in [0.25, 0.3) is 0 Å². The topological polar surface area (TPSA) is 84.2 Å². The fourth-order valence-corrected chi connectivity index (χ4v) is 3.03. The average Bonchev–Trinajstić information content (AvgIpc) is 2.77. The zero-order valence-electron chi connectivity index (χ0n) is 17.9. The quantitative estimate of drug-likeness (QED) is 0.263. The van der Waals surface area contributed by atoms with Gasteiger partial charge in [-0.15, -0.1) is 0 Å². The van der Waals surface area contributed by atoms with E-state index in [0.717, 1.165) is 12.8 Å². The van der Waals surface area contributed by atoms with E-state index in [9.17, 15) is 9.59 Å². The zero-order valence-corrected chi connectivity index (χ0v) is 17.9. The lowest BCUT2D eigenvalue weighted by Crippen LogP contribution is -2.09. The minimum Gasteiger partial charge on any atom is -0.497 e. The number of ether oxygens (including phenoxy) is 4. The number of carbonyl (C=O) groups is 1. The van der Waals surface area contributed by atoms with Gasteiger partial charge in [0.2, 0.25) is 0 Å². The van der Waals surface area contributed by atoms with Crippen molar-refractivity contribution in [2.24, 2.45) is 0 Å². The van der Waals surface area contributed by atoms with Crippen LogP contribution in [0.4, 0.5) is 0 Å². The monoisotopic (exact) mass is 426 g/mol.